The number of hydrogen-bond acceptors (Lipinski definition) is 6. The van der Waals surface area contributed by atoms with Gasteiger partial charge >= 0.3 is 0 Å². The Bertz CT molecular complexity index is 912. The zero-order chi connectivity index (χ0) is 17.5. The Hall–Kier alpha value is -1.92. The van der Waals surface area contributed by atoms with E-state index in [2.05, 4.69) is 16.3 Å². The maximum atomic E-state index is 5.75. The molecule has 6 heteroatoms. The summed E-state index contributed by atoms with van der Waals surface area (Å²) in [6.07, 6.45) is 7.92. The van der Waals surface area contributed by atoms with Crippen LogP contribution in [0.1, 0.15) is 47.3 Å². The molecular formula is C20H24N4OS. The first kappa shape index (κ1) is 16.3. The van der Waals surface area contributed by atoms with Crippen molar-refractivity contribution in [3.05, 3.63) is 40.4 Å². The summed E-state index contributed by atoms with van der Waals surface area (Å²) in [6.45, 7) is 5.07. The molecule has 1 atom stereocenters. The van der Waals surface area contributed by atoms with Gasteiger partial charge in [0.2, 0.25) is 0 Å². The quantitative estimate of drug-likeness (QED) is 0.726. The van der Waals surface area contributed by atoms with Gasteiger partial charge in [-0.05, 0) is 69.8 Å². The predicted octanol–water partition coefficient (Wildman–Crippen LogP) is 4.33. The summed E-state index contributed by atoms with van der Waals surface area (Å²) in [5, 5.41) is 4.92. The zero-order valence-electron chi connectivity index (χ0n) is 15.1. The van der Waals surface area contributed by atoms with Crippen LogP contribution in [-0.4, -0.2) is 34.5 Å². The van der Waals surface area contributed by atoms with Crippen molar-refractivity contribution in [1.82, 2.24) is 14.9 Å². The van der Waals surface area contributed by atoms with E-state index in [4.69, 9.17) is 14.4 Å². The van der Waals surface area contributed by atoms with Crippen LogP contribution in [0, 0.1) is 6.92 Å². The predicted molar refractivity (Wildman–Crippen MR) is 105 cm³/mol. The van der Waals surface area contributed by atoms with Gasteiger partial charge < -0.3 is 9.73 Å². The number of hydrogen-bond donors (Lipinski definition) is 1. The highest BCUT2D eigenvalue weighted by atomic mass is 32.1. The minimum Gasteiger partial charge on any atom is -0.468 e. The van der Waals surface area contributed by atoms with Gasteiger partial charge in [0.25, 0.3) is 0 Å². The Morgan fingerprint density at radius 3 is 2.92 bits per heavy atom. The molecule has 0 bridgehead atoms. The monoisotopic (exact) mass is 368 g/mol. The number of thiophene rings is 1. The molecule has 0 radical (unpaired) electrons. The number of aryl methyl sites for hydroxylation is 3. The summed E-state index contributed by atoms with van der Waals surface area (Å²) in [5.74, 6) is 2.88. The summed E-state index contributed by atoms with van der Waals surface area (Å²) < 4.78 is 5.75. The second-order valence-corrected chi connectivity index (χ2v) is 8.40. The van der Waals surface area contributed by atoms with E-state index in [1.165, 1.54) is 41.5 Å². The summed E-state index contributed by atoms with van der Waals surface area (Å²) >= 11 is 1.85. The van der Waals surface area contributed by atoms with Gasteiger partial charge in [0.05, 0.1) is 17.7 Å². The van der Waals surface area contributed by atoms with Gasteiger partial charge in [-0.15, -0.1) is 11.3 Å². The molecule has 26 heavy (non-hydrogen) atoms. The molecule has 5 rings (SSSR count). The Kier molecular flexibility index (Phi) is 4.17. The van der Waals surface area contributed by atoms with Gasteiger partial charge in [-0.2, -0.15) is 0 Å². The lowest BCUT2D eigenvalue weighted by Gasteiger charge is -2.26. The highest BCUT2D eigenvalue weighted by Gasteiger charge is 2.27. The van der Waals surface area contributed by atoms with Gasteiger partial charge in [0.15, 0.2) is 0 Å². The molecule has 2 aliphatic rings. The van der Waals surface area contributed by atoms with Gasteiger partial charge in [0, 0.05) is 11.4 Å². The Morgan fingerprint density at radius 1 is 1.23 bits per heavy atom. The molecule has 0 amide bonds. The van der Waals surface area contributed by atoms with Gasteiger partial charge in [-0.1, -0.05) is 0 Å². The van der Waals surface area contributed by atoms with Crippen molar-refractivity contribution in [2.45, 2.75) is 45.1 Å². The normalized spacial score (nSPS) is 18.5. The fourth-order valence-corrected chi connectivity index (χ4v) is 5.67. The number of rotatable bonds is 5. The van der Waals surface area contributed by atoms with E-state index in [-0.39, 0.29) is 6.04 Å². The number of anilines is 1. The van der Waals surface area contributed by atoms with Crippen LogP contribution in [0.3, 0.4) is 0 Å². The van der Waals surface area contributed by atoms with Crippen LogP contribution in [0.5, 0.6) is 0 Å². The van der Waals surface area contributed by atoms with Crippen molar-refractivity contribution in [2.75, 3.05) is 25.0 Å². The molecule has 0 spiro atoms. The van der Waals surface area contributed by atoms with Crippen molar-refractivity contribution >= 4 is 27.4 Å². The summed E-state index contributed by atoms with van der Waals surface area (Å²) in [5.41, 5.74) is 1.48. The van der Waals surface area contributed by atoms with Crippen molar-refractivity contribution in [2.24, 2.45) is 0 Å². The molecule has 1 aliphatic heterocycles. The number of aromatic nitrogens is 2. The smallest absolute Gasteiger partial charge is 0.138 e. The van der Waals surface area contributed by atoms with E-state index in [1.54, 1.807) is 6.26 Å². The zero-order valence-corrected chi connectivity index (χ0v) is 15.9. The molecule has 0 saturated carbocycles. The highest BCUT2D eigenvalue weighted by molar-refractivity contribution is 7.19. The van der Waals surface area contributed by atoms with Crippen LogP contribution in [-0.2, 0) is 12.8 Å². The summed E-state index contributed by atoms with van der Waals surface area (Å²) in [6, 6.07) is 4.33. The minimum atomic E-state index is 0.254. The number of fused-ring (bicyclic) bond motifs is 3. The lowest BCUT2D eigenvalue weighted by atomic mass is 10.1. The molecule has 1 saturated heterocycles. The van der Waals surface area contributed by atoms with E-state index < -0.39 is 0 Å². The third kappa shape index (κ3) is 2.81. The molecular weight excluding hydrogens is 344 g/mol. The molecule has 136 valence electrons. The van der Waals surface area contributed by atoms with E-state index >= 15 is 0 Å². The average Bonchev–Trinajstić information content (AvgIpc) is 3.40. The van der Waals surface area contributed by atoms with Crippen molar-refractivity contribution < 1.29 is 4.42 Å². The maximum absolute atomic E-state index is 5.75. The topological polar surface area (TPSA) is 54.2 Å². The fourth-order valence-electron chi connectivity index (χ4n) is 4.37. The van der Waals surface area contributed by atoms with Gasteiger partial charge in [-0.25, -0.2) is 9.97 Å². The Labute approximate surface area is 157 Å². The van der Waals surface area contributed by atoms with E-state index in [1.807, 2.05) is 24.3 Å². The van der Waals surface area contributed by atoms with Crippen molar-refractivity contribution in [1.29, 1.82) is 0 Å². The molecule has 4 heterocycles. The van der Waals surface area contributed by atoms with Gasteiger partial charge in [0.1, 0.15) is 22.2 Å². The largest absolute Gasteiger partial charge is 0.468 e. The van der Waals surface area contributed by atoms with Crippen LogP contribution in [0.4, 0.5) is 5.82 Å². The number of nitrogens with one attached hydrogen (secondary N) is 1. The van der Waals surface area contributed by atoms with Crippen LogP contribution < -0.4 is 5.32 Å². The number of likely N-dealkylation sites (tertiary alicyclic amines) is 1. The van der Waals surface area contributed by atoms with Crippen LogP contribution in [0.2, 0.25) is 0 Å². The lowest BCUT2D eigenvalue weighted by Crippen LogP contribution is -2.31. The number of furan rings is 1. The van der Waals surface area contributed by atoms with Crippen molar-refractivity contribution in [3.63, 3.8) is 0 Å². The standard InChI is InChI=1S/C20H24N4OS/c1-13-22-19(18-14-6-4-8-17(14)26-20(18)23-13)21-12-15(16-7-5-11-25-16)24-9-2-3-10-24/h5,7,11,15H,2-4,6,8-10,12H2,1H3,(H,21,22,23). The Morgan fingerprint density at radius 2 is 2.12 bits per heavy atom. The fraction of sp³-hybridized carbons (Fsp3) is 0.500. The van der Waals surface area contributed by atoms with E-state index in [0.29, 0.717) is 0 Å². The number of nitrogens with zero attached hydrogens (tertiary/aromatic N) is 3. The third-order valence-electron chi connectivity index (χ3n) is 5.59. The van der Waals surface area contributed by atoms with Crippen LogP contribution in [0.15, 0.2) is 22.8 Å². The molecule has 3 aromatic heterocycles. The molecule has 3 aromatic rings. The van der Waals surface area contributed by atoms with Crippen LogP contribution in [0.25, 0.3) is 10.2 Å². The van der Waals surface area contributed by atoms with E-state index in [0.717, 1.165) is 48.3 Å². The lowest BCUT2D eigenvalue weighted by molar-refractivity contribution is 0.225. The second kappa shape index (κ2) is 6.67. The Balaban J connectivity index is 1.47. The first-order chi connectivity index (χ1) is 12.8. The second-order valence-electron chi connectivity index (χ2n) is 7.31. The SMILES string of the molecule is Cc1nc(NCC(c2ccco2)N2CCCC2)c2c3c(sc2n1)CCC3. The minimum absolute atomic E-state index is 0.254. The maximum Gasteiger partial charge on any atom is 0.138 e. The molecule has 5 nitrogen and oxygen atoms in total. The molecule has 1 fully saturated rings. The molecule has 0 aromatic carbocycles. The summed E-state index contributed by atoms with van der Waals surface area (Å²) in [7, 11) is 0. The van der Waals surface area contributed by atoms with E-state index in [9.17, 15) is 0 Å². The van der Waals surface area contributed by atoms with Crippen LogP contribution >= 0.6 is 11.3 Å². The average molecular weight is 369 g/mol. The third-order valence-corrected chi connectivity index (χ3v) is 6.78. The summed E-state index contributed by atoms with van der Waals surface area (Å²) in [4.78, 5) is 14.6. The van der Waals surface area contributed by atoms with Crippen molar-refractivity contribution in [3.8, 4) is 0 Å². The molecule has 1 aliphatic carbocycles. The first-order valence-electron chi connectivity index (χ1n) is 9.60. The first-order valence-corrected chi connectivity index (χ1v) is 10.4. The molecule has 1 unspecified atom stereocenters. The van der Waals surface area contributed by atoms with Gasteiger partial charge in [-0.3, -0.25) is 4.90 Å². The highest BCUT2D eigenvalue weighted by Crippen LogP contribution is 2.39. The molecule has 1 N–H and O–H groups in total.